The number of likely N-dealkylation sites (N-methyl/N-ethyl adjacent to an activating group) is 1. The van der Waals surface area contributed by atoms with Crippen molar-refractivity contribution < 1.29 is 14.0 Å². The molecule has 2 rings (SSSR count). The van der Waals surface area contributed by atoms with E-state index in [4.69, 9.17) is 9.57 Å². The highest BCUT2D eigenvalue weighted by Crippen LogP contribution is 2.30. The maximum absolute atomic E-state index is 13.3. The van der Waals surface area contributed by atoms with Gasteiger partial charge < -0.3 is 14.9 Å². The second-order valence-electron chi connectivity index (χ2n) is 7.37. The molecule has 3 atom stereocenters. The van der Waals surface area contributed by atoms with Crippen molar-refractivity contribution in [1.82, 2.24) is 5.32 Å². The summed E-state index contributed by atoms with van der Waals surface area (Å²) in [5.74, 6) is -0.0177. The summed E-state index contributed by atoms with van der Waals surface area (Å²) in [6, 6.07) is 6.83. The first kappa shape index (κ1) is 18.9. The summed E-state index contributed by atoms with van der Waals surface area (Å²) in [6.45, 7) is 5.90. The molecule has 0 saturated heterocycles. The molecule has 0 aromatic heterocycles. The van der Waals surface area contributed by atoms with Crippen molar-refractivity contribution in [3.8, 4) is 0 Å². The Labute approximate surface area is 144 Å². The zero-order valence-electron chi connectivity index (χ0n) is 15.3. The summed E-state index contributed by atoms with van der Waals surface area (Å²) in [5, 5.41) is 7.78. The molecule has 1 saturated carbocycles. The second-order valence-corrected chi connectivity index (χ2v) is 7.37. The van der Waals surface area contributed by atoms with Gasteiger partial charge in [-0.2, -0.15) is 0 Å². The van der Waals surface area contributed by atoms with Gasteiger partial charge in [0, 0.05) is 19.1 Å². The van der Waals surface area contributed by atoms with Crippen molar-refractivity contribution in [1.29, 1.82) is 0 Å². The number of benzene rings is 1. The van der Waals surface area contributed by atoms with E-state index in [2.05, 4.69) is 10.5 Å². The highest BCUT2D eigenvalue weighted by Gasteiger charge is 2.33. The molecule has 4 nitrogen and oxygen atoms in total. The van der Waals surface area contributed by atoms with Crippen LogP contribution in [0, 0.1) is 11.7 Å². The highest BCUT2D eigenvalue weighted by atomic mass is 19.1. The maximum Gasteiger partial charge on any atom is 0.129 e. The van der Waals surface area contributed by atoms with E-state index in [0.29, 0.717) is 6.04 Å². The van der Waals surface area contributed by atoms with Crippen LogP contribution < -0.4 is 5.32 Å². The Morgan fingerprint density at radius 2 is 1.88 bits per heavy atom. The molecule has 134 valence electrons. The predicted molar refractivity (Wildman–Crippen MR) is 94.8 cm³/mol. The predicted octanol–water partition coefficient (Wildman–Crippen LogP) is 3.75. The second kappa shape index (κ2) is 8.08. The van der Waals surface area contributed by atoms with Crippen LogP contribution >= 0.6 is 0 Å². The van der Waals surface area contributed by atoms with Crippen molar-refractivity contribution in [2.45, 2.75) is 57.8 Å². The van der Waals surface area contributed by atoms with Gasteiger partial charge in [-0.25, -0.2) is 4.39 Å². The molecule has 0 bridgehead atoms. The van der Waals surface area contributed by atoms with Gasteiger partial charge in [-0.1, -0.05) is 17.3 Å². The Bertz CT molecular complexity index is 551. The van der Waals surface area contributed by atoms with Crippen LogP contribution in [0.5, 0.6) is 0 Å². The topological polar surface area (TPSA) is 42.9 Å². The molecule has 0 heterocycles. The van der Waals surface area contributed by atoms with Gasteiger partial charge in [0.1, 0.15) is 11.4 Å². The number of methoxy groups -OCH3 is 1. The van der Waals surface area contributed by atoms with Crippen molar-refractivity contribution in [3.63, 3.8) is 0 Å². The smallest absolute Gasteiger partial charge is 0.129 e. The van der Waals surface area contributed by atoms with E-state index in [1.54, 1.807) is 19.2 Å². The third kappa shape index (κ3) is 5.02. The number of rotatable bonds is 5. The molecular formula is C19H29FN2O2. The van der Waals surface area contributed by atoms with Crippen LogP contribution in [-0.4, -0.2) is 37.6 Å². The van der Waals surface area contributed by atoms with Gasteiger partial charge >= 0.3 is 0 Å². The van der Waals surface area contributed by atoms with E-state index < -0.39 is 0 Å². The SMILES string of the molecule is CN[C@@H]1CC[C@@H](C(=NOC(C)(C)C)c2ccc(F)cc2)C[C@H]1OC. The van der Waals surface area contributed by atoms with Crippen LogP contribution in [0.15, 0.2) is 29.4 Å². The third-order valence-electron chi connectivity index (χ3n) is 4.41. The average Bonchev–Trinajstić information content (AvgIpc) is 2.55. The summed E-state index contributed by atoms with van der Waals surface area (Å²) < 4.78 is 18.9. The van der Waals surface area contributed by atoms with Crippen LogP contribution in [0.1, 0.15) is 45.6 Å². The molecule has 0 amide bonds. The summed E-state index contributed by atoms with van der Waals surface area (Å²) >= 11 is 0. The zero-order valence-corrected chi connectivity index (χ0v) is 15.3. The number of nitrogens with zero attached hydrogens (tertiary/aromatic N) is 1. The van der Waals surface area contributed by atoms with Gasteiger partial charge in [-0.3, -0.25) is 0 Å². The van der Waals surface area contributed by atoms with E-state index in [1.165, 1.54) is 12.1 Å². The number of nitrogens with one attached hydrogen (secondary N) is 1. The Morgan fingerprint density at radius 3 is 2.42 bits per heavy atom. The molecule has 24 heavy (non-hydrogen) atoms. The fourth-order valence-corrected chi connectivity index (χ4v) is 3.14. The average molecular weight is 336 g/mol. The van der Waals surface area contributed by atoms with E-state index in [1.807, 2.05) is 27.8 Å². The maximum atomic E-state index is 13.3. The Hall–Kier alpha value is -1.46. The first-order valence-electron chi connectivity index (χ1n) is 8.56. The van der Waals surface area contributed by atoms with Crippen LogP contribution in [0.25, 0.3) is 0 Å². The van der Waals surface area contributed by atoms with Crippen molar-refractivity contribution in [3.05, 3.63) is 35.6 Å². The standard InChI is InChI=1S/C19H29FN2O2/c1-19(2,3)24-22-18(13-6-9-15(20)10-7-13)14-8-11-16(21-4)17(12-14)23-5/h6-7,9-10,14,16-17,21H,8,11-12H2,1-5H3/t14-,16-,17-/m1/s1. The molecule has 1 aliphatic carbocycles. The molecule has 0 unspecified atom stereocenters. The minimum Gasteiger partial charge on any atom is -0.390 e. The van der Waals surface area contributed by atoms with E-state index >= 15 is 0 Å². The number of hydrogen-bond acceptors (Lipinski definition) is 4. The molecule has 5 heteroatoms. The molecule has 0 radical (unpaired) electrons. The lowest BCUT2D eigenvalue weighted by molar-refractivity contribution is -0.00173. The van der Waals surface area contributed by atoms with Gasteiger partial charge in [0.05, 0.1) is 11.8 Å². The molecule has 0 aliphatic heterocycles. The fraction of sp³-hybridized carbons (Fsp3) is 0.632. The summed E-state index contributed by atoms with van der Waals surface area (Å²) in [4.78, 5) is 5.69. The van der Waals surface area contributed by atoms with E-state index in [0.717, 1.165) is 30.5 Å². The normalized spacial score (nSPS) is 25.6. The monoisotopic (exact) mass is 336 g/mol. The quantitative estimate of drug-likeness (QED) is 0.658. The lowest BCUT2D eigenvalue weighted by atomic mass is 9.79. The lowest BCUT2D eigenvalue weighted by Gasteiger charge is -2.35. The van der Waals surface area contributed by atoms with Gasteiger partial charge in [0.2, 0.25) is 0 Å². The largest absolute Gasteiger partial charge is 0.390 e. The lowest BCUT2D eigenvalue weighted by Crippen LogP contribution is -2.45. The molecule has 1 fully saturated rings. The number of oxime groups is 1. The first-order chi connectivity index (χ1) is 11.3. The van der Waals surface area contributed by atoms with Crippen molar-refractivity contribution in [2.24, 2.45) is 11.1 Å². The van der Waals surface area contributed by atoms with E-state index in [9.17, 15) is 4.39 Å². The number of halogens is 1. The molecule has 1 aliphatic rings. The van der Waals surface area contributed by atoms with Crippen LogP contribution in [0.4, 0.5) is 4.39 Å². The Kier molecular flexibility index (Phi) is 6.35. The molecule has 1 aromatic rings. The van der Waals surface area contributed by atoms with Crippen molar-refractivity contribution in [2.75, 3.05) is 14.2 Å². The first-order valence-corrected chi connectivity index (χ1v) is 8.56. The van der Waals surface area contributed by atoms with Gasteiger partial charge in [0.25, 0.3) is 0 Å². The Balaban J connectivity index is 2.27. The highest BCUT2D eigenvalue weighted by molar-refractivity contribution is 6.02. The summed E-state index contributed by atoms with van der Waals surface area (Å²) in [6.07, 6.45) is 3.00. The van der Waals surface area contributed by atoms with Gasteiger partial charge in [-0.15, -0.1) is 0 Å². The molecule has 1 aromatic carbocycles. The van der Waals surface area contributed by atoms with Gasteiger partial charge in [0.15, 0.2) is 0 Å². The Morgan fingerprint density at radius 1 is 1.21 bits per heavy atom. The van der Waals surface area contributed by atoms with Crippen LogP contribution in [0.2, 0.25) is 0 Å². The van der Waals surface area contributed by atoms with Crippen molar-refractivity contribution >= 4 is 5.71 Å². The zero-order chi connectivity index (χ0) is 17.7. The van der Waals surface area contributed by atoms with Crippen LogP contribution in [0.3, 0.4) is 0 Å². The number of ether oxygens (including phenoxy) is 1. The minimum atomic E-state index is -0.367. The van der Waals surface area contributed by atoms with Gasteiger partial charge in [-0.05, 0) is 64.8 Å². The fourth-order valence-electron chi connectivity index (χ4n) is 3.14. The minimum absolute atomic E-state index is 0.133. The molecule has 1 N–H and O–H groups in total. The summed E-state index contributed by atoms with van der Waals surface area (Å²) in [7, 11) is 3.71. The van der Waals surface area contributed by atoms with E-state index in [-0.39, 0.29) is 23.4 Å². The molecule has 0 spiro atoms. The third-order valence-corrected chi connectivity index (χ3v) is 4.41. The number of hydrogen-bond donors (Lipinski definition) is 1. The molecular weight excluding hydrogens is 307 g/mol. The van der Waals surface area contributed by atoms with Crippen LogP contribution in [-0.2, 0) is 9.57 Å². The summed E-state index contributed by atoms with van der Waals surface area (Å²) in [5.41, 5.74) is 1.42.